The van der Waals surface area contributed by atoms with E-state index in [9.17, 15) is 4.79 Å². The van der Waals surface area contributed by atoms with Gasteiger partial charge in [-0.25, -0.2) is 15.0 Å². The molecule has 2 fully saturated rings. The molecule has 2 aliphatic rings. The van der Waals surface area contributed by atoms with Crippen molar-refractivity contribution in [1.82, 2.24) is 25.2 Å². The summed E-state index contributed by atoms with van der Waals surface area (Å²) in [6, 6.07) is 2.03. The Kier molecular flexibility index (Phi) is 6.71. The number of aryl methyl sites for hydroxylation is 2. The number of anilines is 4. The van der Waals surface area contributed by atoms with Crippen molar-refractivity contribution >= 4 is 29.0 Å². The van der Waals surface area contributed by atoms with Crippen molar-refractivity contribution in [3.8, 4) is 0 Å². The van der Waals surface area contributed by atoms with Crippen LogP contribution >= 0.6 is 0 Å². The largest absolute Gasteiger partial charge is 0.364 e. The van der Waals surface area contributed by atoms with Gasteiger partial charge in [0.15, 0.2) is 17.3 Å². The number of nitrogens with zero attached hydrogens (tertiary/aromatic N) is 6. The smallest absolute Gasteiger partial charge is 0.271 e. The van der Waals surface area contributed by atoms with E-state index < -0.39 is 5.91 Å². The topological polar surface area (TPSA) is 116 Å². The Bertz CT molecular complexity index is 966. The summed E-state index contributed by atoms with van der Waals surface area (Å²) in [4.78, 5) is 33.1. The zero-order valence-corrected chi connectivity index (χ0v) is 19.2. The Morgan fingerprint density at radius 2 is 1.78 bits per heavy atom. The molecule has 4 rings (SSSR count). The summed E-state index contributed by atoms with van der Waals surface area (Å²) in [5.41, 5.74) is 8.42. The number of aromatic nitrogens is 3. The SMILES string of the molecule is CCc1nc(C(N)=O)c(Nc2cnc(N3CCN(C)CC3)c(C)c2)nc1N1CCNCC1. The van der Waals surface area contributed by atoms with Crippen molar-refractivity contribution in [3.63, 3.8) is 0 Å². The van der Waals surface area contributed by atoms with Crippen molar-refractivity contribution in [2.75, 3.05) is 74.5 Å². The number of piperazine rings is 2. The summed E-state index contributed by atoms with van der Waals surface area (Å²) in [6.07, 6.45) is 2.46. The molecule has 1 amide bonds. The minimum absolute atomic E-state index is 0.154. The van der Waals surface area contributed by atoms with Crippen molar-refractivity contribution < 1.29 is 4.79 Å². The van der Waals surface area contributed by atoms with E-state index in [4.69, 9.17) is 15.7 Å². The van der Waals surface area contributed by atoms with Crippen LogP contribution in [0, 0.1) is 6.92 Å². The second-order valence-corrected chi connectivity index (χ2v) is 8.43. The van der Waals surface area contributed by atoms with Gasteiger partial charge >= 0.3 is 0 Å². The van der Waals surface area contributed by atoms with Gasteiger partial charge in [-0.2, -0.15) is 0 Å². The first-order valence-corrected chi connectivity index (χ1v) is 11.3. The van der Waals surface area contributed by atoms with Gasteiger partial charge in [0.1, 0.15) is 5.82 Å². The summed E-state index contributed by atoms with van der Waals surface area (Å²) < 4.78 is 0. The summed E-state index contributed by atoms with van der Waals surface area (Å²) in [5, 5.41) is 6.61. The summed E-state index contributed by atoms with van der Waals surface area (Å²) in [7, 11) is 2.14. The molecule has 2 aromatic heterocycles. The molecule has 0 aliphatic carbocycles. The van der Waals surface area contributed by atoms with Crippen LogP contribution in [0.25, 0.3) is 0 Å². The molecule has 32 heavy (non-hydrogen) atoms. The second kappa shape index (κ2) is 9.66. The Balaban J connectivity index is 1.62. The van der Waals surface area contributed by atoms with Crippen LogP contribution in [-0.2, 0) is 6.42 Å². The molecule has 0 spiro atoms. The molecule has 0 bridgehead atoms. The Labute approximate surface area is 189 Å². The number of carbonyl (C=O) groups is 1. The zero-order valence-electron chi connectivity index (χ0n) is 19.2. The molecule has 2 aliphatic heterocycles. The third-order valence-corrected chi connectivity index (χ3v) is 6.05. The zero-order chi connectivity index (χ0) is 22.7. The molecule has 0 radical (unpaired) electrons. The number of primary amides is 1. The first-order valence-electron chi connectivity index (χ1n) is 11.3. The number of likely N-dealkylation sites (N-methyl/N-ethyl adjacent to an activating group) is 1. The minimum Gasteiger partial charge on any atom is -0.364 e. The third kappa shape index (κ3) is 4.76. The highest BCUT2D eigenvalue weighted by atomic mass is 16.1. The van der Waals surface area contributed by atoms with E-state index in [1.165, 1.54) is 0 Å². The van der Waals surface area contributed by atoms with Crippen LogP contribution in [0.1, 0.15) is 28.7 Å². The third-order valence-electron chi connectivity index (χ3n) is 6.05. The molecule has 4 heterocycles. The van der Waals surface area contributed by atoms with Crippen LogP contribution < -0.4 is 26.2 Å². The van der Waals surface area contributed by atoms with Gasteiger partial charge in [-0.1, -0.05) is 6.92 Å². The molecule has 0 aromatic carbocycles. The van der Waals surface area contributed by atoms with Crippen LogP contribution in [0.5, 0.6) is 0 Å². The predicted molar refractivity (Wildman–Crippen MR) is 127 cm³/mol. The van der Waals surface area contributed by atoms with Gasteiger partial charge in [-0.3, -0.25) is 4.79 Å². The lowest BCUT2D eigenvalue weighted by atomic mass is 10.2. The van der Waals surface area contributed by atoms with E-state index in [1.54, 1.807) is 6.20 Å². The summed E-state index contributed by atoms with van der Waals surface area (Å²) in [5.74, 6) is 1.57. The molecule has 172 valence electrons. The summed E-state index contributed by atoms with van der Waals surface area (Å²) in [6.45, 7) is 11.5. The van der Waals surface area contributed by atoms with Crippen LogP contribution in [0.3, 0.4) is 0 Å². The molecule has 2 aromatic rings. The number of amides is 1. The van der Waals surface area contributed by atoms with Gasteiger partial charge in [0.25, 0.3) is 5.91 Å². The molecule has 10 nitrogen and oxygen atoms in total. The number of hydrogen-bond donors (Lipinski definition) is 3. The normalized spacial score (nSPS) is 17.5. The molecule has 0 atom stereocenters. The van der Waals surface area contributed by atoms with Crippen LogP contribution in [-0.4, -0.2) is 85.2 Å². The maximum absolute atomic E-state index is 12.2. The summed E-state index contributed by atoms with van der Waals surface area (Å²) >= 11 is 0. The van der Waals surface area contributed by atoms with Crippen LogP contribution in [0.2, 0.25) is 0 Å². The van der Waals surface area contributed by atoms with Gasteiger partial charge in [0, 0.05) is 52.4 Å². The number of hydrogen-bond acceptors (Lipinski definition) is 9. The molecule has 2 saturated heterocycles. The van der Waals surface area contributed by atoms with E-state index in [2.05, 4.69) is 44.3 Å². The Morgan fingerprint density at radius 3 is 2.41 bits per heavy atom. The van der Waals surface area contributed by atoms with Gasteiger partial charge < -0.3 is 31.1 Å². The standard InChI is InChI=1S/C22H33N9O/c1-4-17-22(30-7-5-24-6-8-30)28-20(18(27-17)19(23)32)26-16-13-15(2)21(25-14-16)31-11-9-29(3)10-12-31/h13-14,24H,4-12H2,1-3H3,(H2,23,32)(H,26,28). The fourth-order valence-electron chi connectivity index (χ4n) is 4.21. The second-order valence-electron chi connectivity index (χ2n) is 8.43. The van der Waals surface area contributed by atoms with Gasteiger partial charge in [-0.05, 0) is 32.0 Å². The van der Waals surface area contributed by atoms with Gasteiger partial charge in [-0.15, -0.1) is 0 Å². The molecule has 10 heteroatoms. The quantitative estimate of drug-likeness (QED) is 0.599. The van der Waals surface area contributed by atoms with Gasteiger partial charge in [0.2, 0.25) is 0 Å². The fraction of sp³-hybridized carbons (Fsp3) is 0.545. The highest BCUT2D eigenvalue weighted by Gasteiger charge is 2.22. The van der Waals surface area contributed by atoms with E-state index in [1.807, 2.05) is 13.0 Å². The van der Waals surface area contributed by atoms with Crippen LogP contribution in [0.15, 0.2) is 12.3 Å². The molecule has 4 N–H and O–H groups in total. The number of nitrogens with two attached hydrogens (primary N) is 1. The molecule has 0 saturated carbocycles. The number of carbonyl (C=O) groups excluding carboxylic acids is 1. The van der Waals surface area contributed by atoms with Crippen molar-refractivity contribution in [3.05, 3.63) is 29.2 Å². The van der Waals surface area contributed by atoms with Gasteiger partial charge in [0.05, 0.1) is 17.6 Å². The molecular formula is C22H33N9O. The fourth-order valence-corrected chi connectivity index (χ4v) is 4.21. The average molecular weight is 440 g/mol. The first-order chi connectivity index (χ1) is 15.5. The lowest BCUT2D eigenvalue weighted by Crippen LogP contribution is -2.45. The Hall–Kier alpha value is -2.98. The van der Waals surface area contributed by atoms with E-state index >= 15 is 0 Å². The van der Waals surface area contributed by atoms with Crippen molar-refractivity contribution in [2.45, 2.75) is 20.3 Å². The number of pyridine rings is 1. The van der Waals surface area contributed by atoms with Crippen molar-refractivity contribution in [2.24, 2.45) is 5.73 Å². The molecular weight excluding hydrogens is 406 g/mol. The number of nitrogens with one attached hydrogen (secondary N) is 2. The average Bonchev–Trinajstić information content (AvgIpc) is 2.80. The Morgan fingerprint density at radius 1 is 1.09 bits per heavy atom. The van der Waals surface area contributed by atoms with E-state index in [-0.39, 0.29) is 5.69 Å². The van der Waals surface area contributed by atoms with Crippen molar-refractivity contribution in [1.29, 1.82) is 0 Å². The van der Waals surface area contributed by atoms with Crippen LogP contribution in [0.4, 0.5) is 23.1 Å². The maximum Gasteiger partial charge on any atom is 0.271 e. The monoisotopic (exact) mass is 439 g/mol. The highest BCUT2D eigenvalue weighted by molar-refractivity contribution is 5.96. The lowest BCUT2D eigenvalue weighted by molar-refractivity contribution is 0.0996. The first kappa shape index (κ1) is 22.2. The lowest BCUT2D eigenvalue weighted by Gasteiger charge is -2.34. The molecule has 0 unspecified atom stereocenters. The maximum atomic E-state index is 12.2. The predicted octanol–water partition coefficient (Wildman–Crippen LogP) is 0.746. The van der Waals surface area contributed by atoms with E-state index in [0.29, 0.717) is 12.2 Å². The highest BCUT2D eigenvalue weighted by Crippen LogP contribution is 2.27. The minimum atomic E-state index is -0.597. The van der Waals surface area contributed by atoms with E-state index in [0.717, 1.165) is 80.9 Å². The number of rotatable bonds is 6.